The van der Waals surface area contributed by atoms with Crippen LogP contribution in [-0.4, -0.2) is 16.3 Å². The topological polar surface area (TPSA) is 29.9 Å². The van der Waals surface area contributed by atoms with Crippen LogP contribution >= 0.6 is 11.6 Å². The Morgan fingerprint density at radius 2 is 2.20 bits per heavy atom. The third-order valence-electron chi connectivity index (χ3n) is 4.74. The Labute approximate surface area is 128 Å². The van der Waals surface area contributed by atoms with Crippen LogP contribution in [0.25, 0.3) is 0 Å². The van der Waals surface area contributed by atoms with Crippen LogP contribution < -0.4 is 5.32 Å². The summed E-state index contributed by atoms with van der Waals surface area (Å²) in [4.78, 5) is 0. The number of hydrogen-bond acceptors (Lipinski definition) is 2. The van der Waals surface area contributed by atoms with Crippen molar-refractivity contribution in [2.75, 3.05) is 6.54 Å². The van der Waals surface area contributed by atoms with Gasteiger partial charge in [0.25, 0.3) is 0 Å². The van der Waals surface area contributed by atoms with Crippen molar-refractivity contribution in [2.45, 2.75) is 66.0 Å². The molecule has 4 heteroatoms. The first-order valence-electron chi connectivity index (χ1n) is 7.84. The van der Waals surface area contributed by atoms with Crippen molar-refractivity contribution in [1.82, 2.24) is 15.1 Å². The summed E-state index contributed by atoms with van der Waals surface area (Å²) < 4.78 is 2.09. The van der Waals surface area contributed by atoms with Crippen LogP contribution in [0.3, 0.4) is 0 Å². The van der Waals surface area contributed by atoms with Crippen LogP contribution in [0.5, 0.6) is 0 Å². The van der Waals surface area contributed by atoms with Crippen LogP contribution in [0.4, 0.5) is 0 Å². The lowest BCUT2D eigenvalue weighted by Gasteiger charge is -2.35. The fourth-order valence-corrected chi connectivity index (χ4v) is 3.92. The molecule has 3 nitrogen and oxygen atoms in total. The van der Waals surface area contributed by atoms with E-state index in [0.717, 1.165) is 11.6 Å². The second-order valence-electron chi connectivity index (χ2n) is 6.94. The van der Waals surface area contributed by atoms with E-state index >= 15 is 0 Å². The summed E-state index contributed by atoms with van der Waals surface area (Å²) in [7, 11) is 0. The molecule has 0 amide bonds. The maximum atomic E-state index is 6.47. The Bertz CT molecular complexity index is 451. The molecular formula is C16H28ClN3. The largest absolute Gasteiger partial charge is 0.309 e. The predicted octanol–water partition coefficient (Wildman–Crippen LogP) is 4.59. The maximum Gasteiger partial charge on any atom is 0.0834 e. The summed E-state index contributed by atoms with van der Waals surface area (Å²) >= 11 is 6.47. The van der Waals surface area contributed by atoms with Gasteiger partial charge in [-0.1, -0.05) is 38.8 Å². The molecule has 0 bridgehead atoms. The van der Waals surface area contributed by atoms with Gasteiger partial charge in [-0.25, -0.2) is 0 Å². The van der Waals surface area contributed by atoms with Crippen molar-refractivity contribution < 1.29 is 0 Å². The van der Waals surface area contributed by atoms with E-state index in [1.807, 2.05) is 0 Å². The van der Waals surface area contributed by atoms with Crippen LogP contribution in [-0.2, 0) is 0 Å². The SMILES string of the molecule is CCNC(c1c(Cl)cnn1C(C)C)C1CCCC1(C)C. The van der Waals surface area contributed by atoms with Crippen molar-refractivity contribution in [3.05, 3.63) is 16.9 Å². The average Bonchev–Trinajstić information content (AvgIpc) is 2.89. The third kappa shape index (κ3) is 2.89. The normalized spacial score (nSPS) is 23.4. The molecule has 1 aromatic rings. The minimum absolute atomic E-state index is 0.301. The van der Waals surface area contributed by atoms with Crippen molar-refractivity contribution in [3.63, 3.8) is 0 Å². The Balaban J connectivity index is 2.41. The highest BCUT2D eigenvalue weighted by atomic mass is 35.5. The molecule has 2 rings (SSSR count). The van der Waals surface area contributed by atoms with E-state index in [2.05, 4.69) is 49.7 Å². The van der Waals surface area contributed by atoms with Gasteiger partial charge in [-0.05, 0) is 44.6 Å². The molecule has 1 aromatic heterocycles. The van der Waals surface area contributed by atoms with Crippen molar-refractivity contribution in [1.29, 1.82) is 0 Å². The molecule has 1 fully saturated rings. The second kappa shape index (κ2) is 6.07. The standard InChI is InChI=1S/C16H28ClN3/c1-6-18-14(12-8-7-9-16(12,4)5)15-13(17)10-19-20(15)11(2)3/h10-12,14,18H,6-9H2,1-5H3. The van der Waals surface area contributed by atoms with E-state index in [1.165, 1.54) is 25.0 Å². The van der Waals surface area contributed by atoms with Gasteiger partial charge in [-0.2, -0.15) is 5.10 Å². The Morgan fingerprint density at radius 1 is 1.50 bits per heavy atom. The zero-order valence-electron chi connectivity index (χ0n) is 13.4. The molecule has 0 radical (unpaired) electrons. The summed E-state index contributed by atoms with van der Waals surface area (Å²) in [5.74, 6) is 0.620. The lowest BCUT2D eigenvalue weighted by atomic mass is 9.76. The molecule has 114 valence electrons. The molecule has 1 heterocycles. The van der Waals surface area contributed by atoms with Gasteiger partial charge in [0.05, 0.1) is 23.0 Å². The van der Waals surface area contributed by atoms with Crippen LogP contribution in [0.2, 0.25) is 5.02 Å². The van der Waals surface area contributed by atoms with Gasteiger partial charge in [-0.3, -0.25) is 4.68 Å². The molecule has 1 saturated carbocycles. The quantitative estimate of drug-likeness (QED) is 0.861. The van der Waals surface area contributed by atoms with Gasteiger partial charge in [-0.15, -0.1) is 0 Å². The van der Waals surface area contributed by atoms with E-state index in [0.29, 0.717) is 23.4 Å². The highest BCUT2D eigenvalue weighted by Gasteiger charge is 2.41. The van der Waals surface area contributed by atoms with Gasteiger partial charge in [0.2, 0.25) is 0 Å². The van der Waals surface area contributed by atoms with E-state index in [4.69, 9.17) is 11.6 Å². The average molecular weight is 298 g/mol. The van der Waals surface area contributed by atoms with Crippen molar-refractivity contribution >= 4 is 11.6 Å². The smallest absolute Gasteiger partial charge is 0.0834 e. The molecule has 1 aliphatic carbocycles. The minimum atomic E-state index is 0.301. The fourth-order valence-electron chi connectivity index (χ4n) is 3.67. The van der Waals surface area contributed by atoms with E-state index in [9.17, 15) is 0 Å². The van der Waals surface area contributed by atoms with Crippen LogP contribution in [0.1, 0.15) is 71.7 Å². The summed E-state index contributed by atoms with van der Waals surface area (Å²) in [6.07, 6.45) is 5.67. The monoisotopic (exact) mass is 297 g/mol. The number of halogens is 1. The van der Waals surface area contributed by atoms with Crippen molar-refractivity contribution in [2.24, 2.45) is 11.3 Å². The summed E-state index contributed by atoms with van der Waals surface area (Å²) in [6, 6.07) is 0.637. The third-order valence-corrected chi connectivity index (χ3v) is 5.03. The van der Waals surface area contributed by atoms with E-state index < -0.39 is 0 Å². The Morgan fingerprint density at radius 3 is 2.70 bits per heavy atom. The molecule has 0 saturated heterocycles. The van der Waals surface area contributed by atoms with Gasteiger partial charge in [0.1, 0.15) is 0 Å². The molecule has 1 aliphatic rings. The van der Waals surface area contributed by atoms with Gasteiger partial charge >= 0.3 is 0 Å². The minimum Gasteiger partial charge on any atom is -0.309 e. The number of aromatic nitrogens is 2. The lowest BCUT2D eigenvalue weighted by molar-refractivity contribution is 0.191. The molecule has 0 spiro atoms. The lowest BCUT2D eigenvalue weighted by Crippen LogP contribution is -2.35. The highest BCUT2D eigenvalue weighted by molar-refractivity contribution is 6.31. The van der Waals surface area contributed by atoms with E-state index in [-0.39, 0.29) is 0 Å². The number of rotatable bonds is 5. The number of hydrogen-bond donors (Lipinski definition) is 1. The van der Waals surface area contributed by atoms with Gasteiger partial charge in [0, 0.05) is 6.04 Å². The summed E-state index contributed by atoms with van der Waals surface area (Å²) in [5, 5.41) is 8.95. The molecular weight excluding hydrogens is 270 g/mol. The van der Waals surface area contributed by atoms with Crippen LogP contribution in [0, 0.1) is 11.3 Å². The Kier molecular flexibility index (Phi) is 4.80. The molecule has 1 N–H and O–H groups in total. The van der Waals surface area contributed by atoms with E-state index in [1.54, 1.807) is 6.20 Å². The predicted molar refractivity (Wildman–Crippen MR) is 85.2 cm³/mol. The highest BCUT2D eigenvalue weighted by Crippen LogP contribution is 2.49. The Hall–Kier alpha value is -0.540. The molecule has 0 aromatic carbocycles. The molecule has 2 unspecified atom stereocenters. The molecule has 0 aliphatic heterocycles. The molecule has 20 heavy (non-hydrogen) atoms. The van der Waals surface area contributed by atoms with Gasteiger partial charge in [0.15, 0.2) is 0 Å². The maximum absolute atomic E-state index is 6.47. The van der Waals surface area contributed by atoms with Gasteiger partial charge < -0.3 is 5.32 Å². The number of nitrogens with zero attached hydrogens (tertiary/aromatic N) is 2. The summed E-state index contributed by atoms with van der Waals surface area (Å²) in [6.45, 7) is 12.2. The summed E-state index contributed by atoms with van der Waals surface area (Å²) in [5.41, 5.74) is 1.53. The zero-order valence-corrected chi connectivity index (χ0v) is 14.2. The first-order valence-corrected chi connectivity index (χ1v) is 8.22. The number of nitrogens with one attached hydrogen (secondary N) is 1. The van der Waals surface area contributed by atoms with Crippen molar-refractivity contribution in [3.8, 4) is 0 Å². The first kappa shape index (κ1) is 15.8. The second-order valence-corrected chi connectivity index (χ2v) is 7.35. The zero-order chi connectivity index (χ0) is 14.9. The van der Waals surface area contributed by atoms with Crippen LogP contribution in [0.15, 0.2) is 6.20 Å². The molecule has 2 atom stereocenters. The fraction of sp³-hybridized carbons (Fsp3) is 0.812. The first-order chi connectivity index (χ1) is 9.38.